The maximum Gasteiger partial charge on any atom is 0.331 e. The molecule has 5 saturated carbocycles. The smallest absolute Gasteiger partial charge is 0.331 e. The number of aldehydes is 1. The van der Waals surface area contributed by atoms with Crippen molar-refractivity contribution in [1.82, 2.24) is 0 Å². The molecule has 15 unspecified atom stereocenters. The number of carbonyl (C=O) groups excluding carboxylic acids is 10. The van der Waals surface area contributed by atoms with Crippen molar-refractivity contribution in [1.29, 1.82) is 5.53 Å². The second-order valence-corrected chi connectivity index (χ2v) is 44.2. The van der Waals surface area contributed by atoms with Crippen molar-refractivity contribution >= 4 is 241 Å². The third-order valence-electron chi connectivity index (χ3n) is 20.3. The monoisotopic (exact) mass is 2080 g/mol. The number of esters is 5. The van der Waals surface area contributed by atoms with Crippen molar-refractivity contribution in [2.45, 2.75) is 243 Å². The summed E-state index contributed by atoms with van der Waals surface area (Å²) in [6, 6.07) is 0. The Morgan fingerprint density at radius 3 is 1.15 bits per heavy atom. The summed E-state index contributed by atoms with van der Waals surface area (Å²) >= 11 is 11.0. The van der Waals surface area contributed by atoms with Gasteiger partial charge in [-0.25, -0.2) is 24.0 Å². The molecule has 27 nitrogen and oxygen atoms in total. The van der Waals surface area contributed by atoms with Gasteiger partial charge in [-0.15, -0.1) is 29.6 Å². The van der Waals surface area contributed by atoms with E-state index in [9.17, 15) is 62.7 Å². The van der Waals surface area contributed by atoms with Gasteiger partial charge in [0.1, 0.15) is 54.5 Å². The molecule has 10 radical (unpaired) electrons. The number of rotatable bonds is 41. The first-order valence-corrected chi connectivity index (χ1v) is 59.1. The predicted molar refractivity (Wildman–Crippen MR) is 540 cm³/mol. The number of ketones is 4. The summed E-state index contributed by atoms with van der Waals surface area (Å²) in [4.78, 5) is 114. The summed E-state index contributed by atoms with van der Waals surface area (Å²) < 4.78 is 101. The van der Waals surface area contributed by atoms with Crippen LogP contribution in [0.2, 0.25) is 0 Å². The Kier molecular flexibility index (Phi) is 60.5. The van der Waals surface area contributed by atoms with Crippen LogP contribution in [-0.2, 0) is 108 Å². The first-order valence-electron chi connectivity index (χ1n) is 42.6. The second-order valence-electron chi connectivity index (χ2n) is 29.1. The maximum atomic E-state index is 11.9. The number of Topliss-reactive ketones (excluding diaryl/α,β-unsaturated/α-hetero) is 2. The fourth-order valence-corrected chi connectivity index (χ4v) is 20.4. The molecule has 0 saturated heterocycles. The van der Waals surface area contributed by atoms with Crippen molar-refractivity contribution in [3.8, 4) is 35.5 Å². The van der Waals surface area contributed by atoms with Crippen LogP contribution in [0.1, 0.15) is 157 Å². The van der Waals surface area contributed by atoms with E-state index in [0.717, 1.165) is 59.3 Å². The van der Waals surface area contributed by atoms with Crippen LogP contribution < -0.4 is 0 Å². The molecular weight excluding hydrogens is 1970 g/mol. The van der Waals surface area contributed by atoms with Gasteiger partial charge in [-0.3, -0.25) is 23.7 Å². The third-order valence-corrected chi connectivity index (χ3v) is 26.8. The van der Waals surface area contributed by atoms with Gasteiger partial charge in [-0.2, -0.15) is 0 Å². The van der Waals surface area contributed by atoms with Crippen molar-refractivity contribution in [3.05, 3.63) is 107 Å². The third kappa shape index (κ3) is 46.2. The van der Waals surface area contributed by atoms with Crippen molar-refractivity contribution in [2.75, 3.05) is 25.7 Å². The van der Waals surface area contributed by atoms with E-state index in [2.05, 4.69) is 134 Å². The summed E-state index contributed by atoms with van der Waals surface area (Å²) in [6.07, 6.45) is 27.0. The van der Waals surface area contributed by atoms with E-state index < -0.39 is 64.3 Å². The van der Waals surface area contributed by atoms with E-state index in [4.69, 9.17) is 94.8 Å². The van der Waals surface area contributed by atoms with Gasteiger partial charge in [0.05, 0.1) is 66.2 Å². The molecule has 10 aliphatic rings. The molecule has 29 atom stereocenters. The molecule has 5 aliphatic carbocycles. The number of fused-ring (bicyclic) bond motifs is 5. The fourth-order valence-electron chi connectivity index (χ4n) is 14.2. The Bertz CT molecular complexity index is 4350. The molecule has 48 heteroatoms. The van der Waals surface area contributed by atoms with Gasteiger partial charge in [0.25, 0.3) is 0 Å². The molecule has 0 aromatic rings. The Labute approximate surface area is 809 Å². The minimum atomic E-state index is -3.18. The first-order chi connectivity index (χ1) is 63.2. The van der Waals surface area contributed by atoms with Gasteiger partial charge < -0.3 is 80.6 Å². The number of aliphatic hydroxyl groups is 4. The van der Waals surface area contributed by atoms with Crippen molar-refractivity contribution < 1.29 is 128 Å². The maximum absolute atomic E-state index is 11.9. The molecule has 0 bridgehead atoms. The minimum Gasteiger partial charge on any atom is -0.455 e. The number of hydrogen-bond acceptors (Lipinski definition) is 29. The topological polar surface area (TPSA) is 379 Å². The zero-order chi connectivity index (χ0) is 100. The Morgan fingerprint density at radius 1 is 0.527 bits per heavy atom. The number of allylic oxidation sites excluding steroid dienone is 2. The van der Waals surface area contributed by atoms with Crippen LogP contribution in [0.25, 0.3) is 0 Å². The Hall–Kier alpha value is -2.50. The Balaban J connectivity index is 0.000000532. The van der Waals surface area contributed by atoms with Crippen LogP contribution in [0, 0.1) is 65.1 Å². The van der Waals surface area contributed by atoms with Gasteiger partial charge in [0.15, 0.2) is 49.4 Å². The first kappa shape index (κ1) is 115. The van der Waals surface area contributed by atoms with Crippen LogP contribution in [0.4, 0.5) is 0 Å². The normalized spacial score (nSPS) is 26.5. The van der Waals surface area contributed by atoms with Gasteiger partial charge in [-0.1, -0.05) is 124 Å². The fraction of sp³-hybridized carbons (Fsp3) is 0.580. The zero-order valence-electron chi connectivity index (χ0n) is 77.1. The number of ether oxygens (including phenoxy) is 5. The molecule has 10 rings (SSSR count). The van der Waals surface area contributed by atoms with Gasteiger partial charge >= 0.3 is 77.6 Å². The largest absolute Gasteiger partial charge is 0.455 e. The summed E-state index contributed by atoms with van der Waals surface area (Å²) in [7, 11) is 34.4. The average Bonchev–Trinajstić information content (AvgIpc) is 1.64. The molecule has 5 aliphatic heterocycles. The van der Waals surface area contributed by atoms with Crippen LogP contribution in [0.5, 0.6) is 0 Å². The minimum absolute atomic E-state index is 0.0108. The quantitative estimate of drug-likeness (QED) is 0.00508. The molecule has 5 fully saturated rings. The molecule has 694 valence electrons. The molecule has 0 aromatic carbocycles. The van der Waals surface area contributed by atoms with E-state index in [1.54, 1.807) is 51.2 Å². The van der Waals surface area contributed by atoms with Crippen LogP contribution in [0.15, 0.2) is 107 Å². The number of aliphatic hydroxyl groups excluding tert-OH is 4. The van der Waals surface area contributed by atoms with E-state index in [0.29, 0.717) is 89.9 Å². The molecular formula is C81H113B7BrO27P11S2. The van der Waals surface area contributed by atoms with Crippen LogP contribution in [0.3, 0.4) is 0 Å². The molecule has 5 heterocycles. The van der Waals surface area contributed by atoms with Crippen molar-refractivity contribution in [2.24, 2.45) is 29.6 Å². The summed E-state index contributed by atoms with van der Waals surface area (Å²) in [6.45, 7) is 12.6. The van der Waals surface area contributed by atoms with E-state index in [-0.39, 0.29) is 175 Å². The number of alkyl halides is 1. The SMILES string of the molecule is CC#CCBr.CC#CCCC(=O)CP(=O)(OC)OC.[2H]B=S.[2H]B=S.[3H]OC(/C=C/C1C2=CC(=O)O[C@H]2C[C@H]1OP([B])P)CCC(CC)O[3H].[B]P(P)O[C@@H]1C[C@@H]2OC(=O)C=C2[C@@H]1/C=C/C(=O)CCC#CC.[B]P(P)O[C@@H]1C[C@@H]2OC(=O)C=C2[C@@H]1/C=C/C(=O)CCC(=O)CC.[B]P(P)O[C@@H]1C[C@@H]2OC(=O)C=C2[C@@H]1/C=C/C(O)CCC(O)CC.[B]P(P)O[C@@H]1C[C@@H]2OC(=O)C=C2[C@@H]1C=O. The average molecular weight is 2090 g/mol. The molecule has 0 aromatic heterocycles. The van der Waals surface area contributed by atoms with E-state index >= 15 is 0 Å². The summed E-state index contributed by atoms with van der Waals surface area (Å²) in [5.74, 6) is 13.7. The zero-order valence-corrected chi connectivity index (χ0v) is 87.5. The summed E-state index contributed by atoms with van der Waals surface area (Å²) in [5.41, 5.74) is 4.20. The molecule has 0 amide bonds. The van der Waals surface area contributed by atoms with Gasteiger partial charge in [0.2, 0.25) is 2.86 Å². The number of hydrogen-bond donors (Lipinski definition) is 4. The van der Waals surface area contributed by atoms with Crippen molar-refractivity contribution in [3.63, 3.8) is 0 Å². The second kappa shape index (κ2) is 67.7. The number of carbonyl (C=O) groups is 10. The number of halogens is 1. The molecule has 0 spiro atoms. The van der Waals surface area contributed by atoms with E-state index in [1.807, 2.05) is 32.9 Å². The van der Waals surface area contributed by atoms with Gasteiger partial charge in [0, 0.05) is 145 Å². The predicted octanol–water partition coefficient (Wildman–Crippen LogP) is 12.8. The van der Waals surface area contributed by atoms with Gasteiger partial charge in [-0.05, 0) is 138 Å². The standard InChI is InChI=1S/2C15H23BO5P2.C15H19BO5P2.C15H17BO4P2.C9H15O4P.C8H9BO4P2.C4H5Br.2BHS/c3*1-2-9(17)3-4-10(18)5-6-11-12-7-15(19)20-13(12)8-14(11)21-23(16)22;1-2-3-4-5-10(17)6-7-11-12-8-15(18)19-13(12)9-14(11)20-22(16)21;1-4-5-6-7-9(10)8-14(11,12-2)13-3;9-15(14)13-7-2-6-4(5(7)3-10)1-8(11)12-6;1-2-3-4-5;2*1-2/h2*5-7,9-11,13-14,17-18H,2-4,8,22H2,1H3;5-7,11,13-14H,2-4,8,22H2,1H3;6-8,11,13-14H,4-5,9,21H2,1H3;6-8H2,1-3H3;1,3,5-7H,2,14H2;4H2,1H3;2*1H/b3*6-5+;7-6+;;;;;/t9?,10?,11?,13-,14+,23?;9?,10?,11-,13-,14+,23?;11-,13-,14+,23?;11-,13-,14+,22?;;5-,6-,7+,15?;;;/m0000.0.../s1/i17T,18T;;;;;;;2*1D. The Morgan fingerprint density at radius 2 is 0.845 bits per heavy atom. The molecule has 4 N–H and O–H groups in total. The van der Waals surface area contributed by atoms with Crippen LogP contribution in [-0.4, -0.2) is 248 Å². The van der Waals surface area contributed by atoms with Crippen LogP contribution >= 0.6 is 131 Å². The summed E-state index contributed by atoms with van der Waals surface area (Å²) in [5, 5.41) is 29.8. The molecule has 129 heavy (non-hydrogen) atoms. The van der Waals surface area contributed by atoms with E-state index in [1.165, 1.54) is 50.7 Å².